The first-order chi connectivity index (χ1) is 10.2. The number of hydrazine groups is 1. The van der Waals surface area contributed by atoms with Crippen LogP contribution in [0.1, 0.15) is 0 Å². The third-order valence-electron chi connectivity index (χ3n) is 2.91. The predicted octanol–water partition coefficient (Wildman–Crippen LogP) is 2.94. The monoisotopic (exact) mass is 285 g/mol. The van der Waals surface area contributed by atoms with Crippen LogP contribution >= 0.6 is 0 Å². The lowest BCUT2D eigenvalue weighted by Crippen LogP contribution is -2.08. The van der Waals surface area contributed by atoms with Crippen molar-refractivity contribution in [2.24, 2.45) is 16.3 Å². The molecule has 2 aromatic carbocycles. The molecule has 0 unspecified atom stereocenters. The minimum atomic E-state index is 0.476. The fraction of sp³-hybridized carbons (Fsp3) is 0. The van der Waals surface area contributed by atoms with Crippen LogP contribution in [0.4, 0.5) is 22.7 Å². The summed E-state index contributed by atoms with van der Waals surface area (Å²) in [6.07, 6.45) is 0. The van der Waals surface area contributed by atoms with Crippen molar-refractivity contribution < 1.29 is 0 Å². The molecule has 9 N–H and O–H groups in total. The van der Waals surface area contributed by atoms with Crippen LogP contribution in [0.15, 0.2) is 46.8 Å². The van der Waals surface area contributed by atoms with Gasteiger partial charge in [-0.3, -0.25) is 16.7 Å². The van der Waals surface area contributed by atoms with Crippen molar-refractivity contribution >= 4 is 22.7 Å². The van der Waals surface area contributed by atoms with E-state index in [4.69, 9.17) is 22.6 Å². The van der Waals surface area contributed by atoms with Crippen molar-refractivity contribution in [1.82, 2.24) is 0 Å². The Bertz CT molecular complexity index is 668. The zero-order valence-electron chi connectivity index (χ0n) is 11.0. The van der Waals surface area contributed by atoms with Gasteiger partial charge in [0, 0.05) is 0 Å². The summed E-state index contributed by atoms with van der Waals surface area (Å²) in [7, 11) is 0. The highest BCUT2D eigenvalue weighted by Gasteiger charge is 2.06. The van der Waals surface area contributed by atoms with Crippen LogP contribution in [0.25, 0.3) is 11.1 Å². The van der Waals surface area contributed by atoms with E-state index in [9.17, 15) is 0 Å². The summed E-state index contributed by atoms with van der Waals surface area (Å²) in [5.74, 6) is 5.40. The average molecular weight is 285 g/mol. The third-order valence-corrected chi connectivity index (χ3v) is 2.91. The van der Waals surface area contributed by atoms with Crippen molar-refractivity contribution in [3.05, 3.63) is 36.4 Å². The first kappa shape index (κ1) is 14.2. The van der Waals surface area contributed by atoms with Crippen LogP contribution in [0.5, 0.6) is 0 Å². The summed E-state index contributed by atoms with van der Waals surface area (Å²) in [5.41, 5.74) is 31.1. The summed E-state index contributed by atoms with van der Waals surface area (Å²) < 4.78 is 0. The van der Waals surface area contributed by atoms with Gasteiger partial charge in [0.15, 0.2) is 0 Å². The first-order valence-electron chi connectivity index (χ1n) is 5.95. The summed E-state index contributed by atoms with van der Waals surface area (Å²) >= 11 is 0. The molecule has 2 aromatic rings. The molecule has 0 atom stereocenters. The number of nitrogen functional groups attached to an aromatic ring is 2. The minimum absolute atomic E-state index is 0.476. The number of hydrogen-bond donors (Lipinski definition) is 7. The molecule has 9 heteroatoms. The van der Waals surface area contributed by atoms with E-state index in [1.54, 1.807) is 24.3 Å². The molecule has 0 saturated heterocycles. The van der Waals surface area contributed by atoms with Gasteiger partial charge in [-0.05, 0) is 35.4 Å². The SMILES string of the molecule is N=NNc1ccc(-c2ccc(NN)c(NN=N)c2)cc1N. The van der Waals surface area contributed by atoms with Gasteiger partial charge >= 0.3 is 0 Å². The van der Waals surface area contributed by atoms with Gasteiger partial charge in [-0.15, -0.1) is 0 Å². The van der Waals surface area contributed by atoms with Gasteiger partial charge in [0.05, 0.1) is 22.7 Å². The number of benzene rings is 2. The van der Waals surface area contributed by atoms with Gasteiger partial charge in [-0.25, -0.2) is 0 Å². The maximum absolute atomic E-state index is 6.88. The molecule has 0 spiro atoms. The highest BCUT2D eigenvalue weighted by Crippen LogP contribution is 2.31. The van der Waals surface area contributed by atoms with Crippen molar-refractivity contribution in [2.45, 2.75) is 0 Å². The molecule has 108 valence electrons. The van der Waals surface area contributed by atoms with Crippen LogP contribution in [-0.2, 0) is 0 Å². The molecule has 9 nitrogen and oxygen atoms in total. The second kappa shape index (κ2) is 6.30. The van der Waals surface area contributed by atoms with Crippen LogP contribution in [-0.4, -0.2) is 0 Å². The minimum Gasteiger partial charge on any atom is -0.397 e. The fourth-order valence-electron chi connectivity index (χ4n) is 1.91. The van der Waals surface area contributed by atoms with Gasteiger partial charge in [-0.1, -0.05) is 22.6 Å². The highest BCUT2D eigenvalue weighted by molar-refractivity contribution is 5.80. The van der Waals surface area contributed by atoms with Crippen LogP contribution in [0, 0.1) is 11.1 Å². The molecular formula is C12H15N9. The lowest BCUT2D eigenvalue weighted by Gasteiger charge is -2.11. The van der Waals surface area contributed by atoms with E-state index in [1.807, 2.05) is 12.1 Å². The molecule has 0 saturated carbocycles. The number of nitrogens with zero attached hydrogens (tertiary/aromatic N) is 2. The van der Waals surface area contributed by atoms with Crippen molar-refractivity contribution in [3.8, 4) is 11.1 Å². The zero-order chi connectivity index (χ0) is 15.2. The Balaban J connectivity index is 2.41. The Morgan fingerprint density at radius 1 is 0.810 bits per heavy atom. The Morgan fingerprint density at radius 2 is 1.38 bits per heavy atom. The second-order valence-corrected chi connectivity index (χ2v) is 4.15. The lowest BCUT2D eigenvalue weighted by molar-refractivity contribution is 1.05. The predicted molar refractivity (Wildman–Crippen MR) is 81.6 cm³/mol. The largest absolute Gasteiger partial charge is 0.397 e. The Morgan fingerprint density at radius 3 is 1.95 bits per heavy atom. The van der Waals surface area contributed by atoms with Gasteiger partial charge in [0.1, 0.15) is 0 Å². The van der Waals surface area contributed by atoms with Crippen LogP contribution < -0.4 is 27.9 Å². The van der Waals surface area contributed by atoms with Crippen molar-refractivity contribution in [1.29, 1.82) is 11.1 Å². The van der Waals surface area contributed by atoms with Crippen molar-refractivity contribution in [3.63, 3.8) is 0 Å². The average Bonchev–Trinajstić information content (AvgIpc) is 2.50. The molecule has 0 aliphatic rings. The third kappa shape index (κ3) is 3.04. The number of anilines is 4. The van der Waals surface area contributed by atoms with Gasteiger partial charge in [0.25, 0.3) is 0 Å². The van der Waals surface area contributed by atoms with E-state index in [-0.39, 0.29) is 0 Å². The fourth-order valence-corrected chi connectivity index (χ4v) is 1.91. The summed E-state index contributed by atoms with van der Waals surface area (Å²) in [6.45, 7) is 0. The number of nitrogens with one attached hydrogen (secondary N) is 5. The smallest absolute Gasteiger partial charge is 0.0829 e. The molecule has 0 aliphatic heterocycles. The molecule has 0 radical (unpaired) electrons. The molecular weight excluding hydrogens is 270 g/mol. The maximum atomic E-state index is 6.88. The topological polar surface area (TPSA) is 161 Å². The molecule has 0 amide bonds. The summed E-state index contributed by atoms with van der Waals surface area (Å²) in [5, 5.41) is 6.23. The Hall–Kier alpha value is -3.20. The summed E-state index contributed by atoms with van der Waals surface area (Å²) in [6, 6.07) is 10.8. The highest BCUT2D eigenvalue weighted by atomic mass is 15.4. The van der Waals surface area contributed by atoms with E-state index >= 15 is 0 Å². The van der Waals surface area contributed by atoms with E-state index in [1.165, 1.54) is 0 Å². The standard InChI is InChI=1S/C12H15N9/c13-9-5-7(1-3-10(9)18-20-15)8-2-4-11(17-14)12(6-8)19-21-16/h1-6,17H,13-14H2,(H2,15,18)(H2,16,19). The van der Waals surface area contributed by atoms with Gasteiger partial charge < -0.3 is 11.2 Å². The number of rotatable bonds is 6. The lowest BCUT2D eigenvalue weighted by atomic mass is 10.0. The molecule has 21 heavy (non-hydrogen) atoms. The maximum Gasteiger partial charge on any atom is 0.0829 e. The van der Waals surface area contributed by atoms with Crippen molar-refractivity contribution in [2.75, 3.05) is 22.0 Å². The molecule has 2 rings (SSSR count). The first-order valence-corrected chi connectivity index (χ1v) is 5.95. The molecule has 0 aromatic heterocycles. The Labute approximate surface area is 120 Å². The number of nitrogens with two attached hydrogens (primary N) is 2. The van der Waals surface area contributed by atoms with E-state index in [0.29, 0.717) is 22.7 Å². The Kier molecular flexibility index (Phi) is 4.26. The summed E-state index contributed by atoms with van der Waals surface area (Å²) in [4.78, 5) is 0. The molecule has 0 heterocycles. The molecule has 0 fully saturated rings. The van der Waals surface area contributed by atoms with Crippen LogP contribution in [0.2, 0.25) is 0 Å². The van der Waals surface area contributed by atoms with Gasteiger partial charge in [0.2, 0.25) is 0 Å². The normalized spacial score (nSPS) is 9.76. The number of hydrogen-bond acceptors (Lipinski definition) is 7. The second-order valence-electron chi connectivity index (χ2n) is 4.15. The van der Waals surface area contributed by atoms with Crippen LogP contribution in [0.3, 0.4) is 0 Å². The molecule has 0 bridgehead atoms. The zero-order valence-corrected chi connectivity index (χ0v) is 11.0. The quantitative estimate of drug-likeness (QED) is 0.187. The van der Waals surface area contributed by atoms with E-state index < -0.39 is 0 Å². The molecule has 0 aliphatic carbocycles. The van der Waals surface area contributed by atoms with E-state index in [0.717, 1.165) is 11.1 Å². The van der Waals surface area contributed by atoms with E-state index in [2.05, 4.69) is 26.7 Å². The van der Waals surface area contributed by atoms with Gasteiger partial charge in [-0.2, -0.15) is 11.1 Å².